The van der Waals surface area contributed by atoms with Gasteiger partial charge in [-0.15, -0.1) is 0 Å². The molecule has 0 radical (unpaired) electrons. The van der Waals surface area contributed by atoms with Crippen molar-refractivity contribution in [3.63, 3.8) is 0 Å². The molecule has 1 unspecified atom stereocenters. The van der Waals surface area contributed by atoms with Crippen LogP contribution >= 0.6 is 0 Å². The first kappa shape index (κ1) is 12.3. The number of carbonyl (C=O) groups is 1. The largest absolute Gasteiger partial charge is 0.389 e. The predicted molar refractivity (Wildman–Crippen MR) is 42.9 cm³/mol. The minimum Gasteiger partial charge on any atom is -0.369 e. The second-order valence-electron chi connectivity index (χ2n) is 3.04. The van der Waals surface area contributed by atoms with E-state index in [0.29, 0.717) is 12.8 Å². The van der Waals surface area contributed by atoms with E-state index in [2.05, 4.69) is 0 Å². The first-order chi connectivity index (χ1) is 5.87. The minimum atomic E-state index is -4.19. The Morgan fingerprint density at radius 1 is 1.38 bits per heavy atom. The summed E-state index contributed by atoms with van der Waals surface area (Å²) in [7, 11) is 0. The summed E-state index contributed by atoms with van der Waals surface area (Å²) < 4.78 is 35.3. The van der Waals surface area contributed by atoms with Gasteiger partial charge in [0, 0.05) is 12.3 Å². The molecule has 0 aliphatic rings. The van der Waals surface area contributed by atoms with Gasteiger partial charge in [-0.1, -0.05) is 13.3 Å². The Hall–Kier alpha value is -0.740. The van der Waals surface area contributed by atoms with Crippen molar-refractivity contribution >= 4 is 5.91 Å². The highest BCUT2D eigenvalue weighted by molar-refractivity contribution is 5.76. The molecule has 13 heavy (non-hydrogen) atoms. The molecule has 0 heterocycles. The van der Waals surface area contributed by atoms with E-state index in [0.717, 1.165) is 0 Å². The molecule has 2 nitrogen and oxygen atoms in total. The van der Waals surface area contributed by atoms with E-state index in [-0.39, 0.29) is 6.42 Å². The maximum atomic E-state index is 11.8. The zero-order chi connectivity index (χ0) is 10.5. The average Bonchev–Trinajstić information content (AvgIpc) is 1.95. The van der Waals surface area contributed by atoms with Crippen LogP contribution in [0.2, 0.25) is 0 Å². The summed E-state index contributed by atoms with van der Waals surface area (Å²) >= 11 is 0. The van der Waals surface area contributed by atoms with E-state index in [1.807, 2.05) is 6.92 Å². The van der Waals surface area contributed by atoms with Crippen molar-refractivity contribution in [1.29, 1.82) is 0 Å². The zero-order valence-electron chi connectivity index (χ0n) is 7.53. The van der Waals surface area contributed by atoms with Gasteiger partial charge in [0.25, 0.3) is 0 Å². The van der Waals surface area contributed by atoms with Crippen molar-refractivity contribution in [2.75, 3.05) is 0 Å². The molecule has 1 amide bonds. The molecular formula is C8H14F3NO. The fraction of sp³-hybridized carbons (Fsp3) is 0.875. The van der Waals surface area contributed by atoms with Crippen LogP contribution < -0.4 is 5.73 Å². The third-order valence-electron chi connectivity index (χ3n) is 1.82. The van der Waals surface area contributed by atoms with Gasteiger partial charge in [-0.05, 0) is 12.8 Å². The van der Waals surface area contributed by atoms with Crippen LogP contribution in [0.1, 0.15) is 32.6 Å². The summed E-state index contributed by atoms with van der Waals surface area (Å²) in [5.41, 5.74) is 4.95. The van der Waals surface area contributed by atoms with Gasteiger partial charge in [-0.25, -0.2) is 0 Å². The summed E-state index contributed by atoms with van der Waals surface area (Å²) in [5.74, 6) is -1.27. The third kappa shape index (κ3) is 6.42. The molecule has 78 valence electrons. The van der Waals surface area contributed by atoms with Crippen LogP contribution in [0.15, 0.2) is 0 Å². The molecule has 0 aliphatic heterocycles. The Morgan fingerprint density at radius 2 is 1.92 bits per heavy atom. The molecule has 0 aliphatic carbocycles. The van der Waals surface area contributed by atoms with Crippen LogP contribution in [-0.2, 0) is 4.79 Å². The number of hydrogen-bond acceptors (Lipinski definition) is 1. The Labute approximate surface area is 75.3 Å². The van der Waals surface area contributed by atoms with E-state index in [1.165, 1.54) is 0 Å². The highest BCUT2D eigenvalue weighted by Gasteiger charge is 2.29. The van der Waals surface area contributed by atoms with Crippen molar-refractivity contribution in [1.82, 2.24) is 0 Å². The lowest BCUT2D eigenvalue weighted by Gasteiger charge is -2.13. The van der Waals surface area contributed by atoms with Crippen molar-refractivity contribution in [3.8, 4) is 0 Å². The number of primary amides is 1. The van der Waals surface area contributed by atoms with Gasteiger partial charge in [0.15, 0.2) is 0 Å². The molecule has 0 aromatic heterocycles. The number of halogens is 3. The summed E-state index contributed by atoms with van der Waals surface area (Å²) in [4.78, 5) is 10.7. The number of carbonyl (C=O) groups excluding carboxylic acids is 1. The van der Waals surface area contributed by atoms with E-state index in [4.69, 9.17) is 5.73 Å². The molecule has 0 aromatic carbocycles. The summed E-state index contributed by atoms with van der Waals surface area (Å²) in [6.45, 7) is 1.81. The summed E-state index contributed by atoms with van der Waals surface area (Å²) in [6, 6.07) is 0. The second-order valence-corrected chi connectivity index (χ2v) is 3.04. The van der Waals surface area contributed by atoms with Crippen LogP contribution in [-0.4, -0.2) is 12.1 Å². The Morgan fingerprint density at radius 3 is 2.23 bits per heavy atom. The van der Waals surface area contributed by atoms with E-state index in [9.17, 15) is 18.0 Å². The number of nitrogens with two attached hydrogens (primary N) is 1. The highest BCUT2D eigenvalue weighted by Crippen LogP contribution is 2.25. The molecule has 0 bridgehead atoms. The van der Waals surface area contributed by atoms with Crippen molar-refractivity contribution < 1.29 is 18.0 Å². The lowest BCUT2D eigenvalue weighted by atomic mass is 9.97. The number of rotatable bonds is 5. The topological polar surface area (TPSA) is 43.1 Å². The van der Waals surface area contributed by atoms with Crippen LogP contribution in [0.25, 0.3) is 0 Å². The number of hydrogen-bond donors (Lipinski definition) is 1. The van der Waals surface area contributed by atoms with E-state index >= 15 is 0 Å². The zero-order valence-corrected chi connectivity index (χ0v) is 7.53. The Bertz CT molecular complexity index is 167. The van der Waals surface area contributed by atoms with Crippen molar-refractivity contribution in [3.05, 3.63) is 0 Å². The lowest BCUT2D eigenvalue weighted by Crippen LogP contribution is -2.24. The molecule has 0 aromatic rings. The smallest absolute Gasteiger partial charge is 0.369 e. The molecular weight excluding hydrogens is 183 g/mol. The maximum absolute atomic E-state index is 11.8. The monoisotopic (exact) mass is 197 g/mol. The van der Waals surface area contributed by atoms with Crippen LogP contribution in [0.3, 0.4) is 0 Å². The maximum Gasteiger partial charge on any atom is 0.389 e. The van der Waals surface area contributed by atoms with Gasteiger partial charge in [0.05, 0.1) is 0 Å². The van der Waals surface area contributed by atoms with Gasteiger partial charge in [0.2, 0.25) is 5.91 Å². The van der Waals surface area contributed by atoms with Gasteiger partial charge >= 0.3 is 6.18 Å². The van der Waals surface area contributed by atoms with E-state index < -0.39 is 24.4 Å². The molecule has 1 atom stereocenters. The Kier molecular flexibility index (Phi) is 4.80. The molecule has 0 saturated carbocycles. The van der Waals surface area contributed by atoms with Crippen LogP contribution in [0.4, 0.5) is 13.2 Å². The second kappa shape index (κ2) is 5.09. The predicted octanol–water partition coefficient (Wildman–Crippen LogP) is 2.23. The first-order valence-electron chi connectivity index (χ1n) is 4.23. The van der Waals surface area contributed by atoms with Gasteiger partial charge in [-0.2, -0.15) is 13.2 Å². The number of alkyl halides is 3. The standard InChI is InChI=1S/C8H14F3NO/c1-2-3-6(7(12)13)4-5-8(9,10)11/h6H,2-5H2,1H3,(H2,12,13). The third-order valence-corrected chi connectivity index (χ3v) is 1.82. The Balaban J connectivity index is 3.90. The van der Waals surface area contributed by atoms with Gasteiger partial charge in [-0.3, -0.25) is 4.79 Å². The minimum absolute atomic E-state index is 0.188. The van der Waals surface area contributed by atoms with E-state index in [1.54, 1.807) is 0 Å². The molecule has 5 heteroatoms. The van der Waals surface area contributed by atoms with Crippen LogP contribution in [0.5, 0.6) is 0 Å². The number of amides is 1. The molecule has 2 N–H and O–H groups in total. The van der Waals surface area contributed by atoms with Crippen LogP contribution in [0, 0.1) is 5.92 Å². The normalized spacial score (nSPS) is 14.2. The molecule has 0 saturated heterocycles. The summed E-state index contributed by atoms with van der Waals surface area (Å²) in [5, 5.41) is 0. The van der Waals surface area contributed by atoms with Gasteiger partial charge in [0.1, 0.15) is 0 Å². The van der Waals surface area contributed by atoms with Crippen molar-refractivity contribution in [2.24, 2.45) is 11.7 Å². The molecule has 0 fully saturated rings. The fourth-order valence-electron chi connectivity index (χ4n) is 1.12. The van der Waals surface area contributed by atoms with Gasteiger partial charge < -0.3 is 5.73 Å². The average molecular weight is 197 g/mol. The fourth-order valence-corrected chi connectivity index (χ4v) is 1.12. The van der Waals surface area contributed by atoms with Crippen molar-refractivity contribution in [2.45, 2.75) is 38.8 Å². The quantitative estimate of drug-likeness (QED) is 0.721. The molecule has 0 rings (SSSR count). The summed E-state index contributed by atoms with van der Waals surface area (Å²) in [6.07, 6.45) is -4.20. The SMILES string of the molecule is CCCC(CCC(F)(F)F)C(N)=O. The lowest BCUT2D eigenvalue weighted by molar-refractivity contribution is -0.140. The molecule has 0 spiro atoms. The first-order valence-corrected chi connectivity index (χ1v) is 4.23. The highest BCUT2D eigenvalue weighted by atomic mass is 19.4.